The molecule has 0 spiro atoms. The summed E-state index contributed by atoms with van der Waals surface area (Å²) in [5, 5.41) is 20.1. The SMILES string of the molecule is CC(C)(C)CC1CCCCCOC(=O)c2c(O)ccc(c2O)C(=O)O1. The molecule has 1 unspecified atom stereocenters. The van der Waals surface area contributed by atoms with Crippen LogP contribution in [-0.4, -0.2) is 34.9 Å². The van der Waals surface area contributed by atoms with E-state index >= 15 is 0 Å². The van der Waals surface area contributed by atoms with E-state index in [0.29, 0.717) is 19.3 Å². The third-order valence-electron chi connectivity index (χ3n) is 4.10. The lowest BCUT2D eigenvalue weighted by Crippen LogP contribution is -2.24. The molecule has 1 aliphatic rings. The second-order valence-corrected chi connectivity index (χ2v) is 7.63. The molecule has 138 valence electrons. The number of phenols is 2. The fraction of sp³-hybridized carbons (Fsp3) is 0.579. The van der Waals surface area contributed by atoms with Gasteiger partial charge in [0.05, 0.1) is 6.61 Å². The molecule has 2 N–H and O–H groups in total. The average Bonchev–Trinajstić information content (AvgIpc) is 2.48. The molecule has 6 heteroatoms. The molecule has 0 saturated heterocycles. The van der Waals surface area contributed by atoms with Gasteiger partial charge in [-0.05, 0) is 49.7 Å². The maximum atomic E-state index is 12.5. The number of carbonyl (C=O) groups excluding carboxylic acids is 2. The molecule has 0 fully saturated rings. The molecule has 1 aromatic rings. The number of fused-ring (bicyclic) bond motifs is 2. The van der Waals surface area contributed by atoms with Crippen LogP contribution in [0, 0.1) is 5.41 Å². The summed E-state index contributed by atoms with van der Waals surface area (Å²) in [4.78, 5) is 24.6. The van der Waals surface area contributed by atoms with Gasteiger partial charge < -0.3 is 19.7 Å². The van der Waals surface area contributed by atoms with E-state index in [2.05, 4.69) is 20.8 Å². The Morgan fingerprint density at radius 3 is 2.48 bits per heavy atom. The fourth-order valence-electron chi connectivity index (χ4n) is 2.93. The molecule has 1 aliphatic heterocycles. The number of benzene rings is 1. The molecule has 2 rings (SSSR count). The first-order valence-corrected chi connectivity index (χ1v) is 8.62. The van der Waals surface area contributed by atoms with Crippen LogP contribution in [0.1, 0.15) is 73.6 Å². The minimum Gasteiger partial charge on any atom is -0.507 e. The Morgan fingerprint density at radius 2 is 1.80 bits per heavy atom. The Hall–Kier alpha value is -2.24. The summed E-state index contributed by atoms with van der Waals surface area (Å²) in [5.41, 5.74) is -0.566. The Labute approximate surface area is 147 Å². The van der Waals surface area contributed by atoms with Crippen LogP contribution in [0.2, 0.25) is 0 Å². The minimum absolute atomic E-state index is 0.0137. The van der Waals surface area contributed by atoms with Gasteiger partial charge >= 0.3 is 11.9 Å². The summed E-state index contributed by atoms with van der Waals surface area (Å²) in [6, 6.07) is 2.43. The van der Waals surface area contributed by atoms with Crippen LogP contribution in [0.3, 0.4) is 0 Å². The number of esters is 2. The molecule has 1 heterocycles. The van der Waals surface area contributed by atoms with Crippen molar-refractivity contribution in [3.8, 4) is 11.5 Å². The smallest absolute Gasteiger partial charge is 0.345 e. The molecular formula is C19H26O6. The molecule has 25 heavy (non-hydrogen) atoms. The highest BCUT2D eigenvalue weighted by atomic mass is 16.5. The number of aromatic hydroxyl groups is 2. The quantitative estimate of drug-likeness (QED) is 0.749. The van der Waals surface area contributed by atoms with Gasteiger partial charge in [-0.1, -0.05) is 20.8 Å². The number of cyclic esters (lactones) is 2. The third-order valence-corrected chi connectivity index (χ3v) is 4.10. The third kappa shape index (κ3) is 5.11. The van der Waals surface area contributed by atoms with Gasteiger partial charge in [0.2, 0.25) is 0 Å². The second-order valence-electron chi connectivity index (χ2n) is 7.63. The van der Waals surface area contributed by atoms with Crippen LogP contribution < -0.4 is 0 Å². The van der Waals surface area contributed by atoms with Crippen LogP contribution in [0.15, 0.2) is 12.1 Å². The first-order valence-electron chi connectivity index (χ1n) is 8.62. The number of hydrogen-bond acceptors (Lipinski definition) is 6. The highest BCUT2D eigenvalue weighted by molar-refractivity contribution is 6.02. The molecule has 1 aromatic carbocycles. The van der Waals surface area contributed by atoms with Crippen LogP contribution in [0.5, 0.6) is 11.5 Å². The summed E-state index contributed by atoms with van der Waals surface area (Å²) in [6.45, 7) is 6.42. The zero-order chi connectivity index (χ0) is 18.6. The first kappa shape index (κ1) is 19.1. The van der Waals surface area contributed by atoms with Gasteiger partial charge in [0.15, 0.2) is 0 Å². The number of carbonyl (C=O) groups is 2. The van der Waals surface area contributed by atoms with E-state index < -0.39 is 29.0 Å². The van der Waals surface area contributed by atoms with Crippen molar-refractivity contribution in [3.05, 3.63) is 23.3 Å². The number of ether oxygens (including phenoxy) is 2. The summed E-state index contributed by atoms with van der Waals surface area (Å²) in [5.74, 6) is -2.60. The Bertz CT molecular complexity index is 644. The van der Waals surface area contributed by atoms with Gasteiger partial charge in [0.25, 0.3) is 0 Å². The summed E-state index contributed by atoms with van der Waals surface area (Å²) < 4.78 is 10.7. The highest BCUT2D eigenvalue weighted by Crippen LogP contribution is 2.33. The summed E-state index contributed by atoms with van der Waals surface area (Å²) in [6.07, 6.45) is 3.48. The second kappa shape index (κ2) is 7.76. The van der Waals surface area contributed by atoms with Crippen molar-refractivity contribution in [3.63, 3.8) is 0 Å². The lowest BCUT2D eigenvalue weighted by molar-refractivity contribution is 0.0167. The van der Waals surface area contributed by atoms with E-state index in [1.54, 1.807) is 0 Å². The lowest BCUT2D eigenvalue weighted by Gasteiger charge is -2.26. The van der Waals surface area contributed by atoms with Gasteiger partial charge in [0.1, 0.15) is 28.7 Å². The molecule has 0 saturated carbocycles. The maximum absolute atomic E-state index is 12.5. The minimum atomic E-state index is -0.852. The van der Waals surface area contributed by atoms with Gasteiger partial charge in [0, 0.05) is 0 Å². The summed E-state index contributed by atoms with van der Waals surface area (Å²) in [7, 11) is 0. The predicted octanol–water partition coefficient (Wildman–Crippen LogP) is 3.79. The molecule has 0 aromatic heterocycles. The van der Waals surface area contributed by atoms with E-state index in [-0.39, 0.29) is 23.7 Å². The zero-order valence-electron chi connectivity index (χ0n) is 15.0. The van der Waals surface area contributed by atoms with Crippen LogP contribution in [0.25, 0.3) is 0 Å². The van der Waals surface area contributed by atoms with Crippen LogP contribution in [-0.2, 0) is 9.47 Å². The Balaban J connectivity index is 2.35. The fourth-order valence-corrected chi connectivity index (χ4v) is 2.93. The van der Waals surface area contributed by atoms with Crippen LogP contribution in [0.4, 0.5) is 0 Å². The zero-order valence-corrected chi connectivity index (χ0v) is 15.0. The van der Waals surface area contributed by atoms with E-state index in [0.717, 1.165) is 12.8 Å². The maximum Gasteiger partial charge on any atom is 0.345 e. The first-order chi connectivity index (χ1) is 11.7. The van der Waals surface area contributed by atoms with Crippen molar-refractivity contribution in [1.29, 1.82) is 0 Å². The van der Waals surface area contributed by atoms with Gasteiger partial charge in [-0.15, -0.1) is 0 Å². The molecule has 0 aliphatic carbocycles. The molecule has 6 nitrogen and oxygen atoms in total. The number of phenolic OH excluding ortho intramolecular Hbond substituents is 2. The van der Waals surface area contributed by atoms with Crippen molar-refractivity contribution in [1.82, 2.24) is 0 Å². The topological polar surface area (TPSA) is 93.1 Å². The standard InChI is InChI=1S/C19H26O6/c1-19(2,3)11-12-7-5-4-6-10-24-18(23)15-14(20)9-8-13(16(15)21)17(22)25-12/h8-9,12,20-21H,4-7,10-11H2,1-3H3. The lowest BCUT2D eigenvalue weighted by atomic mass is 9.87. The van der Waals surface area contributed by atoms with Crippen molar-refractivity contribution < 1.29 is 29.3 Å². The normalized spacial score (nSPS) is 19.9. The van der Waals surface area contributed by atoms with Gasteiger partial charge in [-0.3, -0.25) is 0 Å². The predicted molar refractivity (Wildman–Crippen MR) is 91.8 cm³/mol. The largest absolute Gasteiger partial charge is 0.507 e. The van der Waals surface area contributed by atoms with Crippen molar-refractivity contribution >= 4 is 11.9 Å². The van der Waals surface area contributed by atoms with Gasteiger partial charge in [-0.25, -0.2) is 9.59 Å². The Kier molecular flexibility index (Phi) is 5.93. The molecule has 0 amide bonds. The molecule has 1 atom stereocenters. The van der Waals surface area contributed by atoms with E-state index in [1.807, 2.05) is 0 Å². The van der Waals surface area contributed by atoms with Crippen molar-refractivity contribution in [2.75, 3.05) is 6.61 Å². The number of hydrogen-bond donors (Lipinski definition) is 2. The van der Waals surface area contributed by atoms with E-state index in [1.165, 1.54) is 12.1 Å². The monoisotopic (exact) mass is 350 g/mol. The average molecular weight is 350 g/mol. The molecule has 2 bridgehead atoms. The molecule has 0 radical (unpaired) electrons. The van der Waals surface area contributed by atoms with Crippen molar-refractivity contribution in [2.24, 2.45) is 5.41 Å². The van der Waals surface area contributed by atoms with Crippen LogP contribution >= 0.6 is 0 Å². The highest BCUT2D eigenvalue weighted by Gasteiger charge is 2.28. The van der Waals surface area contributed by atoms with E-state index in [9.17, 15) is 19.8 Å². The Morgan fingerprint density at radius 1 is 1.08 bits per heavy atom. The van der Waals surface area contributed by atoms with Crippen molar-refractivity contribution in [2.45, 2.75) is 59.0 Å². The summed E-state index contributed by atoms with van der Waals surface area (Å²) >= 11 is 0. The van der Waals surface area contributed by atoms with Gasteiger partial charge in [-0.2, -0.15) is 0 Å². The molecular weight excluding hydrogens is 324 g/mol. The van der Waals surface area contributed by atoms with E-state index in [4.69, 9.17) is 9.47 Å². The number of rotatable bonds is 1.